The van der Waals surface area contributed by atoms with E-state index in [1.54, 1.807) is 18.6 Å². The predicted molar refractivity (Wildman–Crippen MR) is 118 cm³/mol. The summed E-state index contributed by atoms with van der Waals surface area (Å²) in [5.74, 6) is -0.122. The number of pyridine rings is 2. The number of anilines is 1. The third kappa shape index (κ3) is 4.36. The molecule has 0 aliphatic rings. The van der Waals surface area contributed by atoms with Crippen molar-refractivity contribution in [3.63, 3.8) is 0 Å². The minimum atomic E-state index is -0.122. The molecule has 4 rings (SSSR count). The lowest BCUT2D eigenvalue weighted by Crippen LogP contribution is -2.28. The first-order valence-electron chi connectivity index (χ1n) is 9.06. The van der Waals surface area contributed by atoms with Crippen molar-refractivity contribution in [2.45, 2.75) is 6.92 Å². The second-order valence-electron chi connectivity index (χ2n) is 6.38. The molecule has 0 saturated carbocycles. The van der Waals surface area contributed by atoms with E-state index in [1.165, 1.54) is 11.3 Å². The maximum absolute atomic E-state index is 12.6. The molecule has 0 saturated heterocycles. The van der Waals surface area contributed by atoms with Gasteiger partial charge in [0.25, 0.3) is 5.91 Å². The lowest BCUT2D eigenvalue weighted by molar-refractivity contribution is 0.0958. The maximum Gasteiger partial charge on any atom is 0.263 e. The van der Waals surface area contributed by atoms with E-state index in [1.807, 2.05) is 43.3 Å². The van der Waals surface area contributed by atoms with Crippen LogP contribution in [0.5, 0.6) is 0 Å². The van der Waals surface area contributed by atoms with Crippen molar-refractivity contribution >= 4 is 45.4 Å². The minimum absolute atomic E-state index is 0.122. The van der Waals surface area contributed by atoms with Crippen LogP contribution in [0.3, 0.4) is 0 Å². The zero-order valence-electron chi connectivity index (χ0n) is 15.6. The summed E-state index contributed by atoms with van der Waals surface area (Å²) in [5, 5.41) is 8.72. The molecule has 0 unspecified atom stereocenters. The summed E-state index contributed by atoms with van der Waals surface area (Å²) in [4.78, 5) is 26.1. The first-order valence-corrected chi connectivity index (χ1v) is 10.3. The zero-order chi connectivity index (χ0) is 20.2. The number of nitrogens with one attached hydrogen (secondary N) is 2. The fourth-order valence-corrected chi connectivity index (χ4v) is 4.09. The van der Waals surface area contributed by atoms with Crippen LogP contribution in [0, 0.1) is 6.92 Å². The average Bonchev–Trinajstić information content (AvgIpc) is 3.13. The van der Waals surface area contributed by atoms with Gasteiger partial charge in [-0.15, -0.1) is 11.3 Å². The van der Waals surface area contributed by atoms with Crippen molar-refractivity contribution in [1.29, 1.82) is 0 Å². The number of carbonyl (C=O) groups is 1. The SMILES string of the molecule is Cc1nc(-c2cccnc2)sc1C(=O)NCCNc1ccnc2cc(Cl)ccc12. The van der Waals surface area contributed by atoms with Gasteiger partial charge >= 0.3 is 0 Å². The number of fused-ring (bicyclic) bond motifs is 1. The van der Waals surface area contributed by atoms with Crippen LogP contribution in [0.15, 0.2) is 55.0 Å². The first kappa shape index (κ1) is 19.3. The standard InChI is InChI=1S/C21H18ClN5OS/c1-13-19(29-21(27-13)14-3-2-7-23-12-14)20(28)26-10-9-25-17-6-8-24-18-11-15(22)4-5-16(17)18/h2-8,11-12H,9-10H2,1H3,(H,24,25)(H,26,28). The topological polar surface area (TPSA) is 79.8 Å². The number of aryl methyl sites for hydroxylation is 1. The quantitative estimate of drug-likeness (QED) is 0.444. The van der Waals surface area contributed by atoms with Crippen LogP contribution >= 0.6 is 22.9 Å². The van der Waals surface area contributed by atoms with Gasteiger partial charge in [-0.25, -0.2) is 4.98 Å². The number of amides is 1. The molecular formula is C21H18ClN5OS. The Bertz CT molecular complexity index is 1160. The summed E-state index contributed by atoms with van der Waals surface area (Å²) < 4.78 is 0. The van der Waals surface area contributed by atoms with Gasteiger partial charge in [-0.3, -0.25) is 14.8 Å². The van der Waals surface area contributed by atoms with Gasteiger partial charge in [0.1, 0.15) is 9.88 Å². The summed E-state index contributed by atoms with van der Waals surface area (Å²) in [5.41, 5.74) is 3.41. The maximum atomic E-state index is 12.6. The van der Waals surface area contributed by atoms with Crippen LogP contribution in [0.4, 0.5) is 5.69 Å². The number of thiazole rings is 1. The van der Waals surface area contributed by atoms with E-state index in [9.17, 15) is 4.79 Å². The fraction of sp³-hybridized carbons (Fsp3) is 0.143. The highest BCUT2D eigenvalue weighted by Gasteiger charge is 2.16. The van der Waals surface area contributed by atoms with E-state index in [2.05, 4.69) is 25.6 Å². The molecule has 0 radical (unpaired) electrons. The lowest BCUT2D eigenvalue weighted by atomic mass is 10.2. The minimum Gasteiger partial charge on any atom is -0.383 e. The molecule has 0 atom stereocenters. The third-order valence-corrected chi connectivity index (χ3v) is 5.78. The Morgan fingerprint density at radius 1 is 1.17 bits per heavy atom. The molecule has 29 heavy (non-hydrogen) atoms. The van der Waals surface area contributed by atoms with E-state index in [0.717, 1.165) is 32.9 Å². The number of carbonyl (C=O) groups excluding carboxylic acids is 1. The monoisotopic (exact) mass is 423 g/mol. The highest BCUT2D eigenvalue weighted by atomic mass is 35.5. The van der Waals surface area contributed by atoms with E-state index >= 15 is 0 Å². The van der Waals surface area contributed by atoms with Crippen LogP contribution in [-0.4, -0.2) is 33.9 Å². The molecule has 0 aliphatic carbocycles. The molecule has 3 heterocycles. The molecule has 146 valence electrons. The molecule has 2 N–H and O–H groups in total. The Kier molecular flexibility index (Phi) is 5.69. The highest BCUT2D eigenvalue weighted by Crippen LogP contribution is 2.27. The van der Waals surface area contributed by atoms with Gasteiger partial charge in [-0.2, -0.15) is 0 Å². The van der Waals surface area contributed by atoms with E-state index < -0.39 is 0 Å². The van der Waals surface area contributed by atoms with Gasteiger partial charge in [-0.05, 0) is 43.3 Å². The predicted octanol–water partition coefficient (Wildman–Crippen LogP) is 4.56. The summed E-state index contributed by atoms with van der Waals surface area (Å²) >= 11 is 7.40. The van der Waals surface area contributed by atoms with E-state index in [0.29, 0.717) is 23.0 Å². The molecule has 0 bridgehead atoms. The second-order valence-corrected chi connectivity index (χ2v) is 7.81. The van der Waals surface area contributed by atoms with Crippen molar-refractivity contribution in [2.24, 2.45) is 0 Å². The van der Waals surface area contributed by atoms with Crippen molar-refractivity contribution in [3.05, 3.63) is 70.6 Å². The van der Waals surface area contributed by atoms with Gasteiger partial charge in [0.05, 0.1) is 11.2 Å². The van der Waals surface area contributed by atoms with Crippen LogP contribution in [0.2, 0.25) is 5.02 Å². The molecule has 8 heteroatoms. The Morgan fingerprint density at radius 3 is 2.90 bits per heavy atom. The van der Waals surface area contributed by atoms with Gasteiger partial charge in [-0.1, -0.05) is 11.6 Å². The largest absolute Gasteiger partial charge is 0.383 e. The second kappa shape index (κ2) is 8.55. The molecule has 0 aliphatic heterocycles. The van der Waals surface area contributed by atoms with Gasteiger partial charge < -0.3 is 10.6 Å². The normalized spacial score (nSPS) is 10.8. The Hall–Kier alpha value is -3.03. The van der Waals surface area contributed by atoms with Crippen LogP contribution in [-0.2, 0) is 0 Å². The summed E-state index contributed by atoms with van der Waals surface area (Å²) in [6, 6.07) is 11.3. The first-order chi connectivity index (χ1) is 14.1. The molecule has 1 amide bonds. The van der Waals surface area contributed by atoms with Crippen LogP contribution < -0.4 is 10.6 Å². The Labute approximate surface area is 177 Å². The van der Waals surface area contributed by atoms with Crippen molar-refractivity contribution in [2.75, 3.05) is 18.4 Å². The number of benzene rings is 1. The highest BCUT2D eigenvalue weighted by molar-refractivity contribution is 7.17. The average molecular weight is 424 g/mol. The fourth-order valence-electron chi connectivity index (χ4n) is 2.95. The van der Waals surface area contributed by atoms with Gasteiger partial charge in [0, 0.05) is 53.3 Å². The Balaban J connectivity index is 1.37. The molecule has 4 aromatic rings. The smallest absolute Gasteiger partial charge is 0.263 e. The molecule has 6 nitrogen and oxygen atoms in total. The number of nitrogens with zero attached hydrogens (tertiary/aromatic N) is 3. The molecule has 0 fully saturated rings. The molecule has 1 aromatic carbocycles. The zero-order valence-corrected chi connectivity index (χ0v) is 17.2. The Morgan fingerprint density at radius 2 is 2.07 bits per heavy atom. The number of halogens is 1. The van der Waals surface area contributed by atoms with Crippen LogP contribution in [0.1, 0.15) is 15.4 Å². The number of hydrogen-bond acceptors (Lipinski definition) is 6. The molecular weight excluding hydrogens is 406 g/mol. The van der Waals surface area contributed by atoms with Crippen molar-refractivity contribution in [3.8, 4) is 10.6 Å². The molecule has 0 spiro atoms. The van der Waals surface area contributed by atoms with Gasteiger partial charge in [0.15, 0.2) is 0 Å². The lowest BCUT2D eigenvalue weighted by Gasteiger charge is -2.10. The summed E-state index contributed by atoms with van der Waals surface area (Å²) in [7, 11) is 0. The molecule has 3 aromatic heterocycles. The number of aromatic nitrogens is 3. The number of hydrogen-bond donors (Lipinski definition) is 2. The van der Waals surface area contributed by atoms with E-state index in [-0.39, 0.29) is 5.91 Å². The van der Waals surface area contributed by atoms with Crippen LogP contribution in [0.25, 0.3) is 21.5 Å². The van der Waals surface area contributed by atoms with E-state index in [4.69, 9.17) is 11.6 Å². The van der Waals surface area contributed by atoms with Crippen molar-refractivity contribution < 1.29 is 4.79 Å². The number of rotatable bonds is 6. The summed E-state index contributed by atoms with van der Waals surface area (Å²) in [6.45, 7) is 2.91. The third-order valence-electron chi connectivity index (χ3n) is 4.34. The summed E-state index contributed by atoms with van der Waals surface area (Å²) in [6.07, 6.45) is 5.20. The van der Waals surface area contributed by atoms with Gasteiger partial charge in [0.2, 0.25) is 0 Å². The van der Waals surface area contributed by atoms with Crippen molar-refractivity contribution in [1.82, 2.24) is 20.3 Å².